The monoisotopic (exact) mass is 154 g/mol. The van der Waals surface area contributed by atoms with Crippen LogP contribution in [0.3, 0.4) is 0 Å². The number of nitrogens with two attached hydrogens (primary N) is 1. The Balaban J connectivity index is 3.50. The predicted octanol–water partition coefficient (Wildman–Crippen LogP) is 1.76. The van der Waals surface area contributed by atoms with E-state index in [9.17, 15) is 0 Å². The van der Waals surface area contributed by atoms with Gasteiger partial charge in [-0.3, -0.25) is 4.99 Å². The van der Waals surface area contributed by atoms with Gasteiger partial charge in [0, 0.05) is 18.3 Å². The molecule has 0 bridgehead atoms. The minimum Gasteiger partial charge on any atom is -0.325 e. The van der Waals surface area contributed by atoms with Crippen molar-refractivity contribution in [3.8, 4) is 0 Å². The third kappa shape index (κ3) is 9.37. The van der Waals surface area contributed by atoms with E-state index in [-0.39, 0.29) is 5.54 Å². The summed E-state index contributed by atoms with van der Waals surface area (Å²) >= 11 is 0. The number of hydrogen-bond donors (Lipinski definition) is 1. The SMILES string of the molecule is C=C(C)C=NCCC(C)(C)N. The van der Waals surface area contributed by atoms with Crippen LogP contribution in [0.1, 0.15) is 27.2 Å². The summed E-state index contributed by atoms with van der Waals surface area (Å²) in [5.41, 5.74) is 6.64. The van der Waals surface area contributed by atoms with Gasteiger partial charge in [0.05, 0.1) is 0 Å². The van der Waals surface area contributed by atoms with Gasteiger partial charge in [-0.15, -0.1) is 0 Å². The molecule has 0 atom stereocenters. The average Bonchev–Trinajstić information content (AvgIpc) is 1.78. The number of allylic oxidation sites excluding steroid dienone is 1. The summed E-state index contributed by atoms with van der Waals surface area (Å²) in [5, 5.41) is 0. The van der Waals surface area contributed by atoms with Gasteiger partial charge in [-0.05, 0) is 32.8 Å². The van der Waals surface area contributed by atoms with Crippen LogP contribution in [0, 0.1) is 0 Å². The van der Waals surface area contributed by atoms with Gasteiger partial charge in [0.25, 0.3) is 0 Å². The second-order valence-electron chi connectivity index (χ2n) is 3.62. The quantitative estimate of drug-likeness (QED) is 0.616. The van der Waals surface area contributed by atoms with Crippen LogP contribution in [0.5, 0.6) is 0 Å². The molecule has 0 unspecified atom stereocenters. The van der Waals surface area contributed by atoms with Gasteiger partial charge in [0.1, 0.15) is 0 Å². The van der Waals surface area contributed by atoms with Gasteiger partial charge in [-0.25, -0.2) is 0 Å². The summed E-state index contributed by atoms with van der Waals surface area (Å²) in [6.45, 7) is 10.4. The van der Waals surface area contributed by atoms with Crippen molar-refractivity contribution in [3.63, 3.8) is 0 Å². The van der Waals surface area contributed by atoms with Crippen LogP contribution >= 0.6 is 0 Å². The maximum atomic E-state index is 5.76. The zero-order chi connectivity index (χ0) is 8.91. The zero-order valence-electron chi connectivity index (χ0n) is 7.72. The van der Waals surface area contributed by atoms with Gasteiger partial charge in [-0.2, -0.15) is 0 Å². The van der Waals surface area contributed by atoms with E-state index in [0.717, 1.165) is 18.5 Å². The Morgan fingerprint density at radius 3 is 2.55 bits per heavy atom. The average molecular weight is 154 g/mol. The smallest absolute Gasteiger partial charge is 0.0406 e. The molecule has 0 rings (SSSR count). The van der Waals surface area contributed by atoms with Gasteiger partial charge in [0.15, 0.2) is 0 Å². The van der Waals surface area contributed by atoms with E-state index in [4.69, 9.17) is 5.73 Å². The molecular weight excluding hydrogens is 136 g/mol. The number of nitrogens with zero attached hydrogens (tertiary/aromatic N) is 1. The molecule has 0 saturated carbocycles. The van der Waals surface area contributed by atoms with Gasteiger partial charge >= 0.3 is 0 Å². The van der Waals surface area contributed by atoms with Crippen molar-refractivity contribution in [2.75, 3.05) is 6.54 Å². The molecule has 0 radical (unpaired) electrons. The van der Waals surface area contributed by atoms with Crippen LogP contribution in [0.25, 0.3) is 0 Å². The highest BCUT2D eigenvalue weighted by Crippen LogP contribution is 2.02. The molecule has 0 amide bonds. The minimum atomic E-state index is -0.105. The molecule has 2 nitrogen and oxygen atoms in total. The van der Waals surface area contributed by atoms with E-state index in [1.54, 1.807) is 6.21 Å². The molecule has 0 aromatic rings. The molecular formula is C9H18N2. The van der Waals surface area contributed by atoms with E-state index in [0.29, 0.717) is 0 Å². The van der Waals surface area contributed by atoms with E-state index in [1.165, 1.54) is 0 Å². The van der Waals surface area contributed by atoms with Crippen LogP contribution in [-0.2, 0) is 0 Å². The highest BCUT2D eigenvalue weighted by Gasteiger charge is 2.07. The number of aliphatic imine (C=N–C) groups is 1. The molecule has 0 aromatic heterocycles. The van der Waals surface area contributed by atoms with E-state index < -0.39 is 0 Å². The fraction of sp³-hybridized carbons (Fsp3) is 0.667. The first-order chi connectivity index (χ1) is 4.92. The Bertz CT molecular complexity index is 151. The van der Waals surface area contributed by atoms with Crippen LogP contribution in [0.4, 0.5) is 0 Å². The molecule has 0 spiro atoms. The van der Waals surface area contributed by atoms with Crippen LogP contribution in [0.15, 0.2) is 17.1 Å². The number of rotatable bonds is 4. The lowest BCUT2D eigenvalue weighted by Gasteiger charge is -2.15. The third-order valence-corrected chi connectivity index (χ3v) is 1.20. The van der Waals surface area contributed by atoms with Crippen molar-refractivity contribution in [3.05, 3.63) is 12.2 Å². The van der Waals surface area contributed by atoms with E-state index in [2.05, 4.69) is 11.6 Å². The highest BCUT2D eigenvalue weighted by atomic mass is 14.8. The van der Waals surface area contributed by atoms with Crippen molar-refractivity contribution in [1.82, 2.24) is 0 Å². The topological polar surface area (TPSA) is 38.4 Å². The Morgan fingerprint density at radius 2 is 2.18 bits per heavy atom. The summed E-state index contributed by atoms with van der Waals surface area (Å²) in [6, 6.07) is 0. The van der Waals surface area contributed by atoms with Gasteiger partial charge < -0.3 is 5.73 Å². The van der Waals surface area contributed by atoms with Crippen molar-refractivity contribution in [2.45, 2.75) is 32.7 Å². The van der Waals surface area contributed by atoms with Gasteiger partial charge in [-0.1, -0.05) is 6.58 Å². The van der Waals surface area contributed by atoms with Crippen molar-refractivity contribution in [1.29, 1.82) is 0 Å². The second kappa shape index (κ2) is 4.29. The van der Waals surface area contributed by atoms with Crippen LogP contribution in [-0.4, -0.2) is 18.3 Å². The maximum Gasteiger partial charge on any atom is 0.0406 e. The summed E-state index contributed by atoms with van der Waals surface area (Å²) in [7, 11) is 0. The highest BCUT2D eigenvalue weighted by molar-refractivity contribution is 5.76. The summed E-state index contributed by atoms with van der Waals surface area (Å²) in [6.07, 6.45) is 2.70. The van der Waals surface area contributed by atoms with Gasteiger partial charge in [0.2, 0.25) is 0 Å². The largest absolute Gasteiger partial charge is 0.325 e. The second-order valence-corrected chi connectivity index (χ2v) is 3.62. The Labute approximate surface area is 69.2 Å². The lowest BCUT2D eigenvalue weighted by atomic mass is 10.0. The Hall–Kier alpha value is -0.630. The van der Waals surface area contributed by atoms with E-state index in [1.807, 2.05) is 20.8 Å². The molecule has 64 valence electrons. The standard InChI is InChI=1S/C9H18N2/c1-8(2)7-11-6-5-9(3,4)10/h7H,1,5-6,10H2,2-4H3. The molecule has 2 heteroatoms. The lowest BCUT2D eigenvalue weighted by molar-refractivity contribution is 0.485. The van der Waals surface area contributed by atoms with Crippen molar-refractivity contribution < 1.29 is 0 Å². The summed E-state index contributed by atoms with van der Waals surface area (Å²) < 4.78 is 0. The first-order valence-corrected chi connectivity index (χ1v) is 3.86. The summed E-state index contributed by atoms with van der Waals surface area (Å²) in [5.74, 6) is 0. The molecule has 0 aliphatic carbocycles. The molecule has 0 aromatic carbocycles. The van der Waals surface area contributed by atoms with Crippen LogP contribution < -0.4 is 5.73 Å². The molecule has 0 aliphatic rings. The third-order valence-electron chi connectivity index (χ3n) is 1.20. The minimum absolute atomic E-state index is 0.105. The maximum absolute atomic E-state index is 5.76. The molecule has 11 heavy (non-hydrogen) atoms. The predicted molar refractivity (Wildman–Crippen MR) is 51.1 cm³/mol. The lowest BCUT2D eigenvalue weighted by Crippen LogP contribution is -2.32. The summed E-state index contributed by atoms with van der Waals surface area (Å²) in [4.78, 5) is 4.15. The Kier molecular flexibility index (Phi) is 4.04. The molecule has 0 heterocycles. The normalized spacial score (nSPS) is 12.4. The van der Waals surface area contributed by atoms with Crippen molar-refractivity contribution >= 4 is 6.21 Å². The van der Waals surface area contributed by atoms with Crippen LogP contribution in [0.2, 0.25) is 0 Å². The fourth-order valence-corrected chi connectivity index (χ4v) is 0.573. The first kappa shape index (κ1) is 10.4. The first-order valence-electron chi connectivity index (χ1n) is 3.86. The van der Waals surface area contributed by atoms with Crippen molar-refractivity contribution in [2.24, 2.45) is 10.7 Å². The Morgan fingerprint density at radius 1 is 1.64 bits per heavy atom. The zero-order valence-corrected chi connectivity index (χ0v) is 7.72. The fourth-order valence-electron chi connectivity index (χ4n) is 0.573. The number of hydrogen-bond acceptors (Lipinski definition) is 2. The molecule has 2 N–H and O–H groups in total. The molecule has 0 aliphatic heterocycles. The molecule has 0 fully saturated rings. The van der Waals surface area contributed by atoms with E-state index >= 15 is 0 Å². The molecule has 0 saturated heterocycles.